The summed E-state index contributed by atoms with van der Waals surface area (Å²) in [6.07, 6.45) is 3.28. The summed E-state index contributed by atoms with van der Waals surface area (Å²) in [6, 6.07) is 15.4. The number of carbonyl (C=O) groups excluding carboxylic acids is 2. The summed E-state index contributed by atoms with van der Waals surface area (Å²) in [5.74, 6) is -0.562. The fraction of sp³-hybridized carbons (Fsp3) is 0.160. The van der Waals surface area contributed by atoms with Gasteiger partial charge in [0.05, 0.1) is 11.6 Å². The van der Waals surface area contributed by atoms with Gasteiger partial charge in [0, 0.05) is 28.1 Å². The Morgan fingerprint density at radius 3 is 2.42 bits per heavy atom. The predicted molar refractivity (Wildman–Crippen MR) is 129 cm³/mol. The maximum atomic E-state index is 13.2. The Morgan fingerprint density at radius 1 is 1.00 bits per heavy atom. The summed E-state index contributed by atoms with van der Waals surface area (Å²) in [7, 11) is 0. The molecule has 1 aromatic heterocycles. The molecule has 2 aliphatic rings. The number of rotatable bonds is 4. The topological polar surface area (TPSA) is 89.0 Å². The molecule has 2 aromatic carbocycles. The van der Waals surface area contributed by atoms with E-state index in [0.717, 1.165) is 14.7 Å². The predicted octanol–water partition coefficient (Wildman–Crippen LogP) is 4.08. The van der Waals surface area contributed by atoms with E-state index in [4.69, 9.17) is 9.47 Å². The van der Waals surface area contributed by atoms with Gasteiger partial charge in [-0.1, -0.05) is 12.1 Å². The van der Waals surface area contributed by atoms with Crippen LogP contribution in [-0.2, 0) is 16.1 Å². The number of likely N-dealkylation sites (tertiary alicyclic amines) is 1. The third kappa shape index (κ3) is 4.06. The van der Waals surface area contributed by atoms with Gasteiger partial charge in [-0.15, -0.1) is 0 Å². The number of ether oxygens (including phenoxy) is 2. The number of aliphatic hydroxyl groups excluding tert-OH is 1. The number of ketones is 1. The van der Waals surface area contributed by atoms with Crippen molar-refractivity contribution in [1.82, 2.24) is 9.88 Å². The molecule has 1 fully saturated rings. The molecule has 3 heterocycles. The summed E-state index contributed by atoms with van der Waals surface area (Å²) < 4.78 is 12.2. The van der Waals surface area contributed by atoms with Crippen LogP contribution in [-0.4, -0.2) is 39.9 Å². The third-order valence-electron chi connectivity index (χ3n) is 5.64. The fourth-order valence-electron chi connectivity index (χ4n) is 4.07. The van der Waals surface area contributed by atoms with Gasteiger partial charge in [-0.2, -0.15) is 0 Å². The van der Waals surface area contributed by atoms with Crippen molar-refractivity contribution in [3.05, 3.63) is 92.8 Å². The SMILES string of the molecule is O=C1C(=O)N(Cc2ccncc2)C(c2ccc(I)cc2)/C1=C(\O)c1ccc2c(c1)OCCO2. The number of halogens is 1. The number of benzene rings is 2. The van der Waals surface area contributed by atoms with Crippen LogP contribution < -0.4 is 9.47 Å². The standard InChI is InChI=1S/C25H19IN2O5/c26-18-4-1-16(2-5-18)22-21(23(29)17-3-6-19-20(13-17)33-12-11-32-19)24(30)25(31)28(22)14-15-7-9-27-10-8-15/h1-10,13,22,29H,11-12,14H2/b23-21+. The van der Waals surface area contributed by atoms with E-state index in [1.807, 2.05) is 24.3 Å². The first-order valence-electron chi connectivity index (χ1n) is 10.4. The Morgan fingerprint density at radius 2 is 1.70 bits per heavy atom. The average molecular weight is 554 g/mol. The van der Waals surface area contributed by atoms with Crippen molar-refractivity contribution in [1.29, 1.82) is 0 Å². The normalized spacial score (nSPS) is 19.1. The van der Waals surface area contributed by atoms with E-state index >= 15 is 0 Å². The number of nitrogens with zero attached hydrogens (tertiary/aromatic N) is 2. The molecule has 166 valence electrons. The highest BCUT2D eigenvalue weighted by atomic mass is 127. The van der Waals surface area contributed by atoms with Crippen molar-refractivity contribution < 1.29 is 24.2 Å². The van der Waals surface area contributed by atoms with Gasteiger partial charge in [-0.25, -0.2) is 0 Å². The van der Waals surface area contributed by atoms with Crippen molar-refractivity contribution in [2.24, 2.45) is 0 Å². The Balaban J connectivity index is 1.63. The molecule has 0 radical (unpaired) electrons. The Kier molecular flexibility index (Phi) is 5.76. The van der Waals surface area contributed by atoms with Crippen molar-refractivity contribution in [3.8, 4) is 11.5 Å². The van der Waals surface area contributed by atoms with E-state index in [1.54, 1.807) is 42.7 Å². The van der Waals surface area contributed by atoms with Crippen LogP contribution in [0, 0.1) is 3.57 Å². The quantitative estimate of drug-likeness (QED) is 0.227. The van der Waals surface area contributed by atoms with Crippen LogP contribution >= 0.6 is 22.6 Å². The molecule has 1 atom stereocenters. The zero-order valence-electron chi connectivity index (χ0n) is 17.4. The smallest absolute Gasteiger partial charge is 0.295 e. The first kappa shape index (κ1) is 21.4. The summed E-state index contributed by atoms with van der Waals surface area (Å²) >= 11 is 2.20. The molecule has 7 nitrogen and oxygen atoms in total. The van der Waals surface area contributed by atoms with E-state index in [2.05, 4.69) is 27.6 Å². The molecule has 8 heteroatoms. The van der Waals surface area contributed by atoms with Crippen LogP contribution in [0.2, 0.25) is 0 Å². The molecule has 1 unspecified atom stereocenters. The van der Waals surface area contributed by atoms with Crippen LogP contribution in [0.15, 0.2) is 72.6 Å². The van der Waals surface area contributed by atoms with Crippen LogP contribution in [0.1, 0.15) is 22.7 Å². The number of hydrogen-bond acceptors (Lipinski definition) is 6. The van der Waals surface area contributed by atoms with E-state index in [1.165, 1.54) is 4.90 Å². The van der Waals surface area contributed by atoms with Gasteiger partial charge in [-0.05, 0) is 76.2 Å². The molecule has 0 spiro atoms. The van der Waals surface area contributed by atoms with Gasteiger partial charge < -0.3 is 19.5 Å². The maximum absolute atomic E-state index is 13.2. The third-order valence-corrected chi connectivity index (χ3v) is 6.36. The second kappa shape index (κ2) is 8.86. The molecule has 0 bridgehead atoms. The molecule has 0 aliphatic carbocycles. The Hall–Kier alpha value is -3.40. The lowest BCUT2D eigenvalue weighted by atomic mass is 9.95. The molecule has 1 saturated heterocycles. The van der Waals surface area contributed by atoms with Crippen LogP contribution in [0.4, 0.5) is 0 Å². The molecular weight excluding hydrogens is 535 g/mol. The van der Waals surface area contributed by atoms with Crippen molar-refractivity contribution in [2.75, 3.05) is 13.2 Å². The highest BCUT2D eigenvalue weighted by Gasteiger charge is 2.46. The number of aromatic nitrogens is 1. The Bertz CT molecular complexity index is 1260. The molecule has 3 aromatic rings. The minimum Gasteiger partial charge on any atom is -0.507 e. The number of hydrogen-bond donors (Lipinski definition) is 1. The van der Waals surface area contributed by atoms with E-state index in [-0.39, 0.29) is 17.9 Å². The van der Waals surface area contributed by atoms with Gasteiger partial charge in [-0.3, -0.25) is 14.6 Å². The second-order valence-corrected chi connectivity index (χ2v) is 8.94. The van der Waals surface area contributed by atoms with Crippen molar-refractivity contribution >= 4 is 40.0 Å². The van der Waals surface area contributed by atoms with Gasteiger partial charge in [0.25, 0.3) is 11.7 Å². The lowest BCUT2D eigenvalue weighted by molar-refractivity contribution is -0.140. The Labute approximate surface area is 203 Å². The number of aliphatic hydroxyl groups is 1. The summed E-state index contributed by atoms with van der Waals surface area (Å²) in [4.78, 5) is 31.8. The van der Waals surface area contributed by atoms with E-state index in [0.29, 0.717) is 30.3 Å². The number of Topliss-reactive ketones (excluding diaryl/α,β-unsaturated/α-hetero) is 1. The van der Waals surface area contributed by atoms with Crippen molar-refractivity contribution in [2.45, 2.75) is 12.6 Å². The van der Waals surface area contributed by atoms with Crippen LogP contribution in [0.3, 0.4) is 0 Å². The lowest BCUT2D eigenvalue weighted by Gasteiger charge is -2.25. The molecule has 0 saturated carbocycles. The van der Waals surface area contributed by atoms with Crippen LogP contribution in [0.25, 0.3) is 5.76 Å². The van der Waals surface area contributed by atoms with Gasteiger partial charge >= 0.3 is 0 Å². The average Bonchev–Trinajstić information content (AvgIpc) is 3.09. The lowest BCUT2D eigenvalue weighted by Crippen LogP contribution is -2.29. The van der Waals surface area contributed by atoms with Gasteiger partial charge in [0.2, 0.25) is 0 Å². The summed E-state index contributed by atoms with van der Waals surface area (Å²) in [5.41, 5.74) is 2.01. The molecular formula is C25H19IN2O5. The van der Waals surface area contributed by atoms with Gasteiger partial charge in [0.1, 0.15) is 19.0 Å². The number of carbonyl (C=O) groups is 2. The molecule has 33 heavy (non-hydrogen) atoms. The molecule has 1 N–H and O–H groups in total. The highest BCUT2D eigenvalue weighted by Crippen LogP contribution is 2.41. The fourth-order valence-corrected chi connectivity index (χ4v) is 4.43. The number of fused-ring (bicyclic) bond motifs is 1. The minimum absolute atomic E-state index is 0.0481. The summed E-state index contributed by atoms with van der Waals surface area (Å²) in [6.45, 7) is 1.06. The molecule has 2 aliphatic heterocycles. The second-order valence-electron chi connectivity index (χ2n) is 7.69. The minimum atomic E-state index is -0.733. The maximum Gasteiger partial charge on any atom is 0.295 e. The largest absolute Gasteiger partial charge is 0.507 e. The molecule has 1 amide bonds. The van der Waals surface area contributed by atoms with Gasteiger partial charge in [0.15, 0.2) is 11.5 Å². The number of amides is 1. The highest BCUT2D eigenvalue weighted by molar-refractivity contribution is 14.1. The zero-order chi connectivity index (χ0) is 22.9. The molecule has 5 rings (SSSR count). The monoisotopic (exact) mass is 554 g/mol. The van der Waals surface area contributed by atoms with Crippen molar-refractivity contribution in [3.63, 3.8) is 0 Å². The van der Waals surface area contributed by atoms with E-state index in [9.17, 15) is 14.7 Å². The van der Waals surface area contributed by atoms with E-state index < -0.39 is 17.7 Å². The van der Waals surface area contributed by atoms with Crippen LogP contribution in [0.5, 0.6) is 11.5 Å². The summed E-state index contributed by atoms with van der Waals surface area (Å²) in [5, 5.41) is 11.3. The first-order chi connectivity index (χ1) is 16.0. The zero-order valence-corrected chi connectivity index (χ0v) is 19.6. The first-order valence-corrected chi connectivity index (χ1v) is 11.4. The number of pyridine rings is 1.